The van der Waals surface area contributed by atoms with Crippen LogP contribution in [0.15, 0.2) is 85.2 Å². The summed E-state index contributed by atoms with van der Waals surface area (Å²) in [5, 5.41) is 15.1. The molecule has 262 valence electrons. The summed E-state index contributed by atoms with van der Waals surface area (Å²) in [5.41, 5.74) is 6.80. The molecule has 1 saturated heterocycles. The number of amides is 2. The molecule has 2 aromatic heterocycles. The zero-order chi connectivity index (χ0) is 35.2. The molecule has 8 rings (SSSR count). The lowest BCUT2D eigenvalue weighted by Crippen LogP contribution is -2.52. The Bertz CT molecular complexity index is 2100. The Morgan fingerprint density at radius 2 is 1.71 bits per heavy atom. The van der Waals surface area contributed by atoms with E-state index in [0.717, 1.165) is 50.2 Å². The van der Waals surface area contributed by atoms with Gasteiger partial charge in [-0.1, -0.05) is 35.9 Å². The number of morpholine rings is 1. The van der Waals surface area contributed by atoms with Crippen molar-refractivity contribution < 1.29 is 19.4 Å². The number of aromatic hydroxyl groups is 1. The smallest absolute Gasteiger partial charge is 0.264 e. The second kappa shape index (κ2) is 13.7. The maximum absolute atomic E-state index is 14.8. The van der Waals surface area contributed by atoms with E-state index in [-0.39, 0.29) is 23.6 Å². The van der Waals surface area contributed by atoms with Crippen LogP contribution in [-0.2, 0) is 24.8 Å². The molecule has 1 N–H and O–H groups in total. The minimum absolute atomic E-state index is 0.0169. The quantitative estimate of drug-likeness (QED) is 0.192. The van der Waals surface area contributed by atoms with Gasteiger partial charge in [-0.2, -0.15) is 5.10 Å². The number of ether oxygens (including phenoxy) is 1. The number of hydrogen-bond donors (Lipinski definition) is 1. The van der Waals surface area contributed by atoms with Crippen LogP contribution in [0.4, 0.5) is 11.4 Å². The third-order valence-corrected chi connectivity index (χ3v) is 10.8. The number of aromatic nitrogens is 3. The van der Waals surface area contributed by atoms with Crippen molar-refractivity contribution in [2.75, 3.05) is 37.7 Å². The number of phenols is 1. The van der Waals surface area contributed by atoms with Crippen LogP contribution in [0.1, 0.15) is 56.4 Å². The van der Waals surface area contributed by atoms with E-state index in [1.165, 1.54) is 5.56 Å². The van der Waals surface area contributed by atoms with E-state index in [0.29, 0.717) is 64.6 Å². The average Bonchev–Trinajstić information content (AvgIpc) is 3.81. The molecule has 2 aliphatic heterocycles. The molecule has 10 nitrogen and oxygen atoms in total. The van der Waals surface area contributed by atoms with Gasteiger partial charge in [0.05, 0.1) is 36.7 Å². The summed E-state index contributed by atoms with van der Waals surface area (Å²) in [7, 11) is 1.91. The second-order valence-electron chi connectivity index (χ2n) is 13.8. The first-order valence-electron chi connectivity index (χ1n) is 17.6. The molecule has 1 atom stereocenters. The van der Waals surface area contributed by atoms with Crippen molar-refractivity contribution in [3.63, 3.8) is 0 Å². The lowest BCUT2D eigenvalue weighted by molar-refractivity contribution is 0.0193. The van der Waals surface area contributed by atoms with Crippen LogP contribution >= 0.6 is 11.6 Å². The number of phenolic OH excluding ortho intramolecular Hbond substituents is 1. The predicted molar refractivity (Wildman–Crippen MR) is 197 cm³/mol. The van der Waals surface area contributed by atoms with Crippen LogP contribution in [-0.4, -0.2) is 80.0 Å². The minimum Gasteiger partial charge on any atom is -0.508 e. The molecular formula is C40H41ClN6O4. The van der Waals surface area contributed by atoms with Crippen LogP contribution in [0.25, 0.3) is 11.3 Å². The highest BCUT2D eigenvalue weighted by atomic mass is 35.5. The molecule has 3 aromatic carbocycles. The van der Waals surface area contributed by atoms with Crippen molar-refractivity contribution in [1.82, 2.24) is 24.1 Å². The largest absolute Gasteiger partial charge is 0.508 e. The molecule has 11 heteroatoms. The third kappa shape index (κ3) is 6.55. The Balaban J connectivity index is 1.16. The number of halogens is 1. The first kappa shape index (κ1) is 33.3. The van der Waals surface area contributed by atoms with Gasteiger partial charge in [0.15, 0.2) is 0 Å². The second-order valence-corrected chi connectivity index (χ2v) is 14.3. The van der Waals surface area contributed by atoms with Gasteiger partial charge in [0.25, 0.3) is 11.8 Å². The van der Waals surface area contributed by atoms with Gasteiger partial charge in [0.2, 0.25) is 0 Å². The fourth-order valence-corrected chi connectivity index (χ4v) is 7.57. The van der Waals surface area contributed by atoms with Crippen LogP contribution < -0.4 is 4.90 Å². The van der Waals surface area contributed by atoms with E-state index in [2.05, 4.69) is 28.2 Å². The molecule has 51 heavy (non-hydrogen) atoms. The maximum Gasteiger partial charge on any atom is 0.264 e. The number of nitrogens with zero attached hydrogens (tertiary/aromatic N) is 6. The summed E-state index contributed by atoms with van der Waals surface area (Å²) >= 11 is 6.64. The molecule has 1 aliphatic carbocycles. The summed E-state index contributed by atoms with van der Waals surface area (Å²) in [4.78, 5) is 35.4. The number of rotatable bonds is 8. The molecular weight excluding hydrogens is 664 g/mol. The van der Waals surface area contributed by atoms with E-state index < -0.39 is 0 Å². The zero-order valence-electron chi connectivity index (χ0n) is 28.8. The van der Waals surface area contributed by atoms with Gasteiger partial charge in [-0.05, 0) is 85.8 Å². The van der Waals surface area contributed by atoms with Crippen molar-refractivity contribution in [3.05, 3.63) is 118 Å². The minimum atomic E-state index is -0.247. The van der Waals surface area contributed by atoms with Crippen LogP contribution in [0.3, 0.4) is 0 Å². The van der Waals surface area contributed by atoms with Crippen molar-refractivity contribution in [2.45, 2.75) is 44.8 Å². The van der Waals surface area contributed by atoms with Gasteiger partial charge < -0.3 is 19.3 Å². The monoisotopic (exact) mass is 704 g/mol. The summed E-state index contributed by atoms with van der Waals surface area (Å²) in [6.07, 6.45) is 6.51. The van der Waals surface area contributed by atoms with E-state index in [1.54, 1.807) is 41.4 Å². The summed E-state index contributed by atoms with van der Waals surface area (Å²) < 4.78 is 9.47. The van der Waals surface area contributed by atoms with Crippen molar-refractivity contribution in [3.8, 4) is 17.0 Å². The first-order valence-corrected chi connectivity index (χ1v) is 17.9. The first-order chi connectivity index (χ1) is 24.7. The number of carbonyl (C=O) groups is 2. The highest BCUT2D eigenvalue weighted by Crippen LogP contribution is 2.38. The number of hydrogen-bond acceptors (Lipinski definition) is 6. The zero-order valence-corrected chi connectivity index (χ0v) is 29.6. The van der Waals surface area contributed by atoms with Gasteiger partial charge in [0, 0.05) is 78.7 Å². The molecule has 4 heterocycles. The molecule has 0 spiro atoms. The molecule has 2 amide bonds. The average molecular weight is 705 g/mol. The molecule has 5 aromatic rings. The van der Waals surface area contributed by atoms with Gasteiger partial charge in [-0.25, -0.2) is 0 Å². The molecule has 1 saturated carbocycles. The van der Waals surface area contributed by atoms with Gasteiger partial charge >= 0.3 is 0 Å². The fourth-order valence-electron chi connectivity index (χ4n) is 7.40. The fraction of sp³-hybridized carbons (Fsp3) is 0.325. The lowest BCUT2D eigenvalue weighted by Gasteiger charge is -2.40. The normalized spacial score (nSPS) is 17.7. The highest BCUT2D eigenvalue weighted by molar-refractivity contribution is 6.31. The molecule has 0 bridgehead atoms. The summed E-state index contributed by atoms with van der Waals surface area (Å²) in [6.45, 7) is 6.25. The number of fused-ring (bicyclic) bond motifs is 1. The highest BCUT2D eigenvalue weighted by Gasteiger charge is 2.34. The Hall–Kier alpha value is -4.90. The Kier molecular flexibility index (Phi) is 8.91. The van der Waals surface area contributed by atoms with Gasteiger partial charge in [-0.15, -0.1) is 0 Å². The standard InChI is InChI=1S/C40H41ClN6O4/c1-26-36(40(50)47(31-10-12-34(48)13-11-31)33-22-42-46(25-33)30-8-9-30)21-38(43(26)2)37-20-29(41)7-14-35(37)39(49)45-23-28-6-4-3-5-27(28)19-32(45)24-44-15-17-51-18-16-44/h3-7,10-14,20-22,25,30,32,48H,8-9,15-19,23-24H2,1-2H3/t32-/m0/s1. The third-order valence-electron chi connectivity index (χ3n) is 10.5. The predicted octanol–water partition coefficient (Wildman–Crippen LogP) is 6.77. The van der Waals surface area contributed by atoms with E-state index in [1.807, 2.05) is 58.6 Å². The molecule has 2 fully saturated rings. The van der Waals surface area contributed by atoms with Crippen LogP contribution in [0.5, 0.6) is 5.75 Å². The summed E-state index contributed by atoms with van der Waals surface area (Å²) in [6, 6.07) is 22.5. The maximum atomic E-state index is 14.8. The van der Waals surface area contributed by atoms with Crippen molar-refractivity contribution >= 4 is 34.8 Å². The topological polar surface area (TPSA) is 96.1 Å². The van der Waals surface area contributed by atoms with Crippen LogP contribution in [0, 0.1) is 6.92 Å². The van der Waals surface area contributed by atoms with Crippen LogP contribution in [0.2, 0.25) is 5.02 Å². The van der Waals surface area contributed by atoms with Crippen molar-refractivity contribution in [2.24, 2.45) is 7.05 Å². The van der Waals surface area contributed by atoms with Gasteiger partial charge in [0.1, 0.15) is 5.75 Å². The van der Waals surface area contributed by atoms with Crippen molar-refractivity contribution in [1.29, 1.82) is 0 Å². The Morgan fingerprint density at radius 1 is 0.961 bits per heavy atom. The van der Waals surface area contributed by atoms with E-state index in [9.17, 15) is 14.7 Å². The molecule has 0 unspecified atom stereocenters. The Labute approximate surface area is 302 Å². The molecule has 0 radical (unpaired) electrons. The number of benzene rings is 3. The van der Waals surface area contributed by atoms with E-state index >= 15 is 0 Å². The number of carbonyl (C=O) groups excluding carboxylic acids is 2. The Morgan fingerprint density at radius 3 is 2.45 bits per heavy atom. The lowest BCUT2D eigenvalue weighted by atomic mass is 9.92. The number of anilines is 2. The van der Waals surface area contributed by atoms with Gasteiger partial charge in [-0.3, -0.25) is 24.1 Å². The molecule has 3 aliphatic rings. The van der Waals surface area contributed by atoms with E-state index in [4.69, 9.17) is 16.3 Å². The SMILES string of the molecule is Cc1c(C(=O)N(c2ccc(O)cc2)c2cnn(C3CC3)c2)cc(-c2cc(Cl)ccc2C(=O)N2Cc3ccccc3C[C@H]2CN2CCOCC2)n1C. The summed E-state index contributed by atoms with van der Waals surface area (Å²) in [5.74, 6) is -0.205.